The fraction of sp³-hybridized carbons (Fsp3) is 0.407. The molecule has 1 saturated heterocycles. The zero-order valence-electron chi connectivity index (χ0n) is 20.4. The van der Waals surface area contributed by atoms with E-state index >= 15 is 0 Å². The molecule has 1 unspecified atom stereocenters. The Bertz CT molecular complexity index is 1340. The van der Waals surface area contributed by atoms with Crippen molar-refractivity contribution in [2.24, 2.45) is 0 Å². The molecule has 0 bridgehead atoms. The molecule has 1 aliphatic rings. The second-order valence-corrected chi connectivity index (χ2v) is 9.53. The van der Waals surface area contributed by atoms with Crippen molar-refractivity contribution in [1.29, 1.82) is 0 Å². The number of pyridine rings is 1. The summed E-state index contributed by atoms with van der Waals surface area (Å²) in [5.74, 6) is 0.789. The Morgan fingerprint density at radius 3 is 2.80 bits per heavy atom. The first-order valence-electron chi connectivity index (χ1n) is 12.3. The van der Waals surface area contributed by atoms with Crippen molar-refractivity contribution in [1.82, 2.24) is 30.1 Å². The van der Waals surface area contributed by atoms with Crippen molar-refractivity contribution in [3.8, 4) is 0 Å². The summed E-state index contributed by atoms with van der Waals surface area (Å²) in [5.41, 5.74) is 5.14. The summed E-state index contributed by atoms with van der Waals surface area (Å²) in [6.07, 6.45) is 3.14. The average molecular weight is 473 g/mol. The zero-order chi connectivity index (χ0) is 24.2. The Balaban J connectivity index is 1.40. The highest BCUT2D eigenvalue weighted by Gasteiger charge is 2.20. The SMILES string of the molecule is Cc1cc(C)c2cc(CN(CCc3ccccc3)Cc3nnnn3CC3CCCO3)c(=O)[nH]c2c1. The van der Waals surface area contributed by atoms with Crippen LogP contribution in [0.25, 0.3) is 10.9 Å². The van der Waals surface area contributed by atoms with Gasteiger partial charge in [-0.05, 0) is 72.4 Å². The molecule has 0 spiro atoms. The van der Waals surface area contributed by atoms with Crippen molar-refractivity contribution < 1.29 is 4.74 Å². The molecule has 2 aromatic carbocycles. The summed E-state index contributed by atoms with van der Waals surface area (Å²) < 4.78 is 7.64. The molecule has 3 heterocycles. The maximum Gasteiger partial charge on any atom is 0.252 e. The third-order valence-corrected chi connectivity index (χ3v) is 6.71. The first-order chi connectivity index (χ1) is 17.0. The molecule has 0 amide bonds. The van der Waals surface area contributed by atoms with Gasteiger partial charge in [-0.1, -0.05) is 36.4 Å². The fourth-order valence-electron chi connectivity index (χ4n) is 4.88. The summed E-state index contributed by atoms with van der Waals surface area (Å²) in [6, 6.07) is 16.6. The first-order valence-corrected chi connectivity index (χ1v) is 12.3. The number of hydrogen-bond donors (Lipinski definition) is 1. The van der Waals surface area contributed by atoms with Crippen molar-refractivity contribution in [3.63, 3.8) is 0 Å². The van der Waals surface area contributed by atoms with Gasteiger partial charge in [0.25, 0.3) is 5.56 Å². The lowest BCUT2D eigenvalue weighted by atomic mass is 10.0. The Hall–Kier alpha value is -3.36. The average Bonchev–Trinajstić information content (AvgIpc) is 3.51. The number of tetrazole rings is 1. The molecule has 0 aliphatic carbocycles. The molecule has 8 heteroatoms. The summed E-state index contributed by atoms with van der Waals surface area (Å²) >= 11 is 0. The van der Waals surface area contributed by atoms with Gasteiger partial charge >= 0.3 is 0 Å². The smallest absolute Gasteiger partial charge is 0.252 e. The molecule has 0 saturated carbocycles. The second kappa shape index (κ2) is 10.5. The van der Waals surface area contributed by atoms with Crippen molar-refractivity contribution in [2.75, 3.05) is 13.2 Å². The Morgan fingerprint density at radius 2 is 2.00 bits per heavy atom. The maximum absolute atomic E-state index is 13.0. The van der Waals surface area contributed by atoms with Gasteiger partial charge in [0.15, 0.2) is 5.82 Å². The van der Waals surface area contributed by atoms with Crippen molar-refractivity contribution in [3.05, 3.63) is 87.0 Å². The van der Waals surface area contributed by atoms with Gasteiger partial charge in [-0.2, -0.15) is 0 Å². The van der Waals surface area contributed by atoms with E-state index in [4.69, 9.17) is 4.74 Å². The van der Waals surface area contributed by atoms with Crippen LogP contribution in [0, 0.1) is 13.8 Å². The standard InChI is InChI=1S/C27H32N6O2/c1-19-13-20(2)24-15-22(27(34)28-25(24)14-19)16-32(11-10-21-7-4-3-5-8-21)18-26-29-30-31-33(26)17-23-9-6-12-35-23/h3-5,7-8,13-15,23H,6,9-12,16-18H2,1-2H3,(H,28,34). The monoisotopic (exact) mass is 472 g/mol. The molecule has 1 atom stereocenters. The van der Waals surface area contributed by atoms with E-state index in [-0.39, 0.29) is 11.7 Å². The van der Waals surface area contributed by atoms with Crippen LogP contribution >= 0.6 is 0 Å². The van der Waals surface area contributed by atoms with Crippen LogP contribution in [-0.2, 0) is 30.8 Å². The number of aromatic amines is 1. The molecule has 2 aromatic heterocycles. The van der Waals surface area contributed by atoms with E-state index < -0.39 is 0 Å². The van der Waals surface area contributed by atoms with E-state index in [9.17, 15) is 4.79 Å². The summed E-state index contributed by atoms with van der Waals surface area (Å²) in [5, 5.41) is 13.5. The van der Waals surface area contributed by atoms with E-state index in [1.54, 1.807) is 0 Å². The number of fused-ring (bicyclic) bond motifs is 1. The number of hydrogen-bond acceptors (Lipinski definition) is 6. The number of ether oxygens (including phenoxy) is 1. The largest absolute Gasteiger partial charge is 0.376 e. The molecule has 1 aliphatic heterocycles. The predicted octanol–water partition coefficient (Wildman–Crippen LogP) is 3.56. The van der Waals surface area contributed by atoms with Crippen molar-refractivity contribution >= 4 is 10.9 Å². The lowest BCUT2D eigenvalue weighted by Crippen LogP contribution is -2.30. The van der Waals surface area contributed by atoms with E-state index in [1.807, 2.05) is 29.8 Å². The molecule has 1 fully saturated rings. The van der Waals surface area contributed by atoms with Crippen LogP contribution in [0.5, 0.6) is 0 Å². The highest BCUT2D eigenvalue weighted by molar-refractivity contribution is 5.83. The lowest BCUT2D eigenvalue weighted by molar-refractivity contribution is 0.0916. The van der Waals surface area contributed by atoms with Gasteiger partial charge in [0, 0.05) is 36.2 Å². The van der Waals surface area contributed by atoms with E-state index in [1.165, 1.54) is 5.56 Å². The predicted molar refractivity (Wildman–Crippen MR) is 135 cm³/mol. The van der Waals surface area contributed by atoms with Gasteiger partial charge in [0.05, 0.1) is 19.2 Å². The van der Waals surface area contributed by atoms with Gasteiger partial charge in [-0.15, -0.1) is 5.10 Å². The first kappa shape index (κ1) is 23.4. The van der Waals surface area contributed by atoms with Crippen LogP contribution < -0.4 is 5.56 Å². The van der Waals surface area contributed by atoms with Gasteiger partial charge in [0.1, 0.15) is 0 Å². The summed E-state index contributed by atoms with van der Waals surface area (Å²) in [6.45, 7) is 7.43. The molecule has 8 nitrogen and oxygen atoms in total. The van der Waals surface area contributed by atoms with Gasteiger partial charge in [-0.3, -0.25) is 9.69 Å². The minimum Gasteiger partial charge on any atom is -0.376 e. The van der Waals surface area contributed by atoms with E-state index in [2.05, 4.69) is 62.7 Å². The topological polar surface area (TPSA) is 88.9 Å². The minimum atomic E-state index is -0.0499. The van der Waals surface area contributed by atoms with Gasteiger partial charge < -0.3 is 9.72 Å². The number of benzene rings is 2. The third-order valence-electron chi connectivity index (χ3n) is 6.71. The maximum atomic E-state index is 13.0. The molecule has 5 rings (SSSR count). The Labute approximate surface area is 204 Å². The van der Waals surface area contributed by atoms with Crippen LogP contribution in [0.1, 0.15) is 40.9 Å². The van der Waals surface area contributed by atoms with Gasteiger partial charge in [0.2, 0.25) is 0 Å². The molecule has 35 heavy (non-hydrogen) atoms. The quantitative estimate of drug-likeness (QED) is 0.401. The van der Waals surface area contributed by atoms with Crippen molar-refractivity contribution in [2.45, 2.75) is 58.8 Å². The normalized spacial score (nSPS) is 15.9. The number of nitrogens with zero attached hydrogens (tertiary/aromatic N) is 5. The molecule has 1 N–H and O–H groups in total. The molecule has 4 aromatic rings. The second-order valence-electron chi connectivity index (χ2n) is 9.53. The molecule has 182 valence electrons. The van der Waals surface area contributed by atoms with Crippen LogP contribution in [0.15, 0.2) is 53.3 Å². The highest BCUT2D eigenvalue weighted by atomic mass is 16.5. The van der Waals surface area contributed by atoms with Crippen LogP contribution in [0.2, 0.25) is 0 Å². The summed E-state index contributed by atoms with van der Waals surface area (Å²) in [4.78, 5) is 18.4. The summed E-state index contributed by atoms with van der Waals surface area (Å²) in [7, 11) is 0. The van der Waals surface area contributed by atoms with Crippen LogP contribution in [0.4, 0.5) is 0 Å². The zero-order valence-corrected chi connectivity index (χ0v) is 20.4. The number of aryl methyl sites for hydroxylation is 2. The van der Waals surface area contributed by atoms with E-state index in [0.29, 0.717) is 19.6 Å². The minimum absolute atomic E-state index is 0.0499. The number of aromatic nitrogens is 5. The molecule has 0 radical (unpaired) electrons. The van der Waals surface area contributed by atoms with Crippen LogP contribution in [-0.4, -0.2) is 49.3 Å². The van der Waals surface area contributed by atoms with E-state index in [0.717, 1.165) is 65.8 Å². The Morgan fingerprint density at radius 1 is 1.14 bits per heavy atom. The molecular formula is C27H32N6O2. The number of H-pyrrole nitrogens is 1. The Kier molecular flexibility index (Phi) is 7.01. The lowest BCUT2D eigenvalue weighted by Gasteiger charge is -2.22. The number of nitrogens with one attached hydrogen (secondary N) is 1. The van der Waals surface area contributed by atoms with Crippen LogP contribution in [0.3, 0.4) is 0 Å². The number of rotatable bonds is 9. The third kappa shape index (κ3) is 5.66. The molecular weight excluding hydrogens is 440 g/mol. The highest BCUT2D eigenvalue weighted by Crippen LogP contribution is 2.20. The fourth-order valence-corrected chi connectivity index (χ4v) is 4.88. The van der Waals surface area contributed by atoms with Gasteiger partial charge in [-0.25, -0.2) is 4.68 Å².